The lowest BCUT2D eigenvalue weighted by molar-refractivity contribution is 0.497. The number of fused-ring (bicyclic) bond motifs is 1. The molecule has 2 aromatic heterocycles. The number of hydrogen-bond donors (Lipinski definition) is 1. The Morgan fingerprint density at radius 2 is 1.77 bits per heavy atom. The van der Waals surface area contributed by atoms with E-state index in [-0.39, 0.29) is 0 Å². The number of nitrogens with one attached hydrogen (secondary N) is 1. The van der Waals surface area contributed by atoms with E-state index in [1.807, 2.05) is 0 Å². The maximum Gasteiger partial charge on any atom is 0.245 e. The van der Waals surface area contributed by atoms with Crippen LogP contribution in [0.25, 0.3) is 10.9 Å². The molecule has 0 radical (unpaired) electrons. The molecule has 3 heterocycles. The number of aryl methyl sites for hydroxylation is 3. The quantitative estimate of drug-likeness (QED) is 0.768. The van der Waals surface area contributed by atoms with Gasteiger partial charge in [-0.25, -0.2) is 4.98 Å². The van der Waals surface area contributed by atoms with Crippen LogP contribution in [-0.4, -0.2) is 33.3 Å². The highest BCUT2D eigenvalue weighted by Crippen LogP contribution is 2.36. The molecule has 0 spiro atoms. The minimum atomic E-state index is 0.593. The number of H-pyrrole nitrogens is 1. The van der Waals surface area contributed by atoms with E-state index in [9.17, 15) is 0 Å². The number of aromatic nitrogens is 4. The summed E-state index contributed by atoms with van der Waals surface area (Å²) in [6.45, 7) is 8.42. The molecule has 0 saturated carbocycles. The van der Waals surface area contributed by atoms with Gasteiger partial charge in [0.15, 0.2) is 0 Å². The minimum Gasteiger partial charge on any atom is -0.358 e. The van der Waals surface area contributed by atoms with Gasteiger partial charge in [-0.15, -0.1) is 5.10 Å². The molecule has 136 valence electrons. The van der Waals surface area contributed by atoms with Crippen LogP contribution in [0.1, 0.15) is 55.3 Å². The maximum absolute atomic E-state index is 4.79. The summed E-state index contributed by atoms with van der Waals surface area (Å²) < 4.78 is 0. The molecule has 0 unspecified atom stereocenters. The molecule has 0 aliphatic carbocycles. The van der Waals surface area contributed by atoms with Crippen LogP contribution in [0.3, 0.4) is 0 Å². The molecule has 1 fully saturated rings. The third kappa shape index (κ3) is 2.96. The molecular formula is C21H27N5. The predicted molar refractivity (Wildman–Crippen MR) is 106 cm³/mol. The number of rotatable bonds is 4. The molecule has 1 aliphatic heterocycles. The fourth-order valence-corrected chi connectivity index (χ4v) is 4.25. The third-order valence-corrected chi connectivity index (χ3v) is 5.63. The van der Waals surface area contributed by atoms with Crippen LogP contribution in [0, 0.1) is 6.92 Å². The number of hydrogen-bond acceptors (Lipinski definition) is 4. The number of benzene rings is 1. The minimum absolute atomic E-state index is 0.593. The molecule has 26 heavy (non-hydrogen) atoms. The molecule has 1 N–H and O–H groups in total. The highest BCUT2D eigenvalue weighted by molar-refractivity contribution is 5.85. The van der Waals surface area contributed by atoms with Crippen molar-refractivity contribution in [2.45, 2.75) is 52.4 Å². The Morgan fingerprint density at radius 3 is 2.50 bits per heavy atom. The van der Waals surface area contributed by atoms with Gasteiger partial charge in [0.1, 0.15) is 0 Å². The second-order valence-corrected chi connectivity index (χ2v) is 7.18. The fourth-order valence-electron chi connectivity index (χ4n) is 4.25. The van der Waals surface area contributed by atoms with Gasteiger partial charge in [0.05, 0.1) is 11.4 Å². The lowest BCUT2D eigenvalue weighted by atomic mass is 9.87. The molecule has 1 aromatic carbocycles. The van der Waals surface area contributed by atoms with Gasteiger partial charge in [0.2, 0.25) is 5.95 Å². The molecule has 0 amide bonds. The fraction of sp³-hybridized carbons (Fsp3) is 0.476. The van der Waals surface area contributed by atoms with Crippen LogP contribution in [0.2, 0.25) is 0 Å². The van der Waals surface area contributed by atoms with Gasteiger partial charge in [0.25, 0.3) is 0 Å². The van der Waals surface area contributed by atoms with E-state index in [1.54, 1.807) is 0 Å². The molecular weight excluding hydrogens is 322 g/mol. The van der Waals surface area contributed by atoms with Gasteiger partial charge in [0, 0.05) is 29.7 Å². The summed E-state index contributed by atoms with van der Waals surface area (Å²) in [5.74, 6) is 1.39. The van der Waals surface area contributed by atoms with Gasteiger partial charge < -0.3 is 9.88 Å². The van der Waals surface area contributed by atoms with Crippen molar-refractivity contribution in [1.29, 1.82) is 0 Å². The van der Waals surface area contributed by atoms with Gasteiger partial charge in [-0.2, -0.15) is 5.10 Å². The Balaban J connectivity index is 1.53. The summed E-state index contributed by atoms with van der Waals surface area (Å²) in [4.78, 5) is 10.6. The van der Waals surface area contributed by atoms with Crippen LogP contribution in [0.4, 0.5) is 5.95 Å². The molecule has 3 aromatic rings. The van der Waals surface area contributed by atoms with Crippen molar-refractivity contribution in [1.82, 2.24) is 20.2 Å². The second kappa shape index (κ2) is 7.06. The van der Waals surface area contributed by atoms with Crippen LogP contribution in [-0.2, 0) is 12.8 Å². The smallest absolute Gasteiger partial charge is 0.245 e. The summed E-state index contributed by atoms with van der Waals surface area (Å²) in [6, 6.07) is 8.64. The largest absolute Gasteiger partial charge is 0.358 e. The first-order chi connectivity index (χ1) is 12.7. The van der Waals surface area contributed by atoms with Crippen molar-refractivity contribution in [2.75, 3.05) is 18.0 Å². The number of nitrogens with zero attached hydrogens (tertiary/aromatic N) is 4. The maximum atomic E-state index is 4.79. The van der Waals surface area contributed by atoms with Crippen LogP contribution in [0.5, 0.6) is 0 Å². The summed E-state index contributed by atoms with van der Waals surface area (Å²) in [5, 5.41) is 10.2. The van der Waals surface area contributed by atoms with E-state index in [1.165, 1.54) is 22.2 Å². The van der Waals surface area contributed by atoms with E-state index in [4.69, 9.17) is 4.98 Å². The van der Waals surface area contributed by atoms with Gasteiger partial charge in [-0.3, -0.25) is 0 Å². The highest BCUT2D eigenvalue weighted by atomic mass is 15.3. The Bertz CT molecular complexity index is 906. The molecule has 5 nitrogen and oxygen atoms in total. The topological polar surface area (TPSA) is 57.7 Å². The Hall–Kier alpha value is -2.43. The van der Waals surface area contributed by atoms with Gasteiger partial charge in [-0.05, 0) is 50.2 Å². The summed E-state index contributed by atoms with van der Waals surface area (Å²) in [5.41, 5.74) is 6.17. The Kier molecular flexibility index (Phi) is 4.62. The molecule has 5 heteroatoms. The van der Waals surface area contributed by atoms with Crippen molar-refractivity contribution >= 4 is 16.9 Å². The first-order valence-electron chi connectivity index (χ1n) is 9.75. The average Bonchev–Trinajstić information content (AvgIpc) is 3.03. The van der Waals surface area contributed by atoms with Crippen LogP contribution in [0.15, 0.2) is 24.3 Å². The summed E-state index contributed by atoms with van der Waals surface area (Å²) >= 11 is 0. The predicted octanol–water partition coefficient (Wildman–Crippen LogP) is 4.17. The lowest BCUT2D eigenvalue weighted by Gasteiger charge is -2.32. The van der Waals surface area contributed by atoms with E-state index in [0.29, 0.717) is 5.92 Å². The van der Waals surface area contributed by atoms with E-state index in [0.717, 1.165) is 56.1 Å². The Morgan fingerprint density at radius 1 is 1.04 bits per heavy atom. The van der Waals surface area contributed by atoms with Crippen molar-refractivity contribution in [3.05, 3.63) is 46.9 Å². The van der Waals surface area contributed by atoms with Crippen molar-refractivity contribution in [3.8, 4) is 0 Å². The van der Waals surface area contributed by atoms with E-state index >= 15 is 0 Å². The highest BCUT2D eigenvalue weighted by Gasteiger charge is 2.26. The zero-order chi connectivity index (χ0) is 18.1. The SMILES string of the molecule is CCc1nnc(N2CCC(c3c(C)[nH]c4ccccc34)CC2)nc1CC. The zero-order valence-corrected chi connectivity index (χ0v) is 15.9. The molecule has 1 aliphatic rings. The number of para-hydroxylation sites is 1. The monoisotopic (exact) mass is 349 g/mol. The first kappa shape index (κ1) is 17.0. The van der Waals surface area contributed by atoms with Crippen LogP contribution < -0.4 is 4.90 Å². The zero-order valence-electron chi connectivity index (χ0n) is 15.9. The summed E-state index contributed by atoms with van der Waals surface area (Å²) in [7, 11) is 0. The number of aromatic amines is 1. The van der Waals surface area contributed by atoms with Gasteiger partial charge in [-0.1, -0.05) is 32.0 Å². The van der Waals surface area contributed by atoms with Crippen LogP contribution >= 0.6 is 0 Å². The standard InChI is InChI=1S/C21H27N5/c1-4-17-18(5-2)24-25-21(23-17)26-12-10-15(11-13-26)20-14(3)22-19-9-7-6-8-16(19)20/h6-9,15,22H,4-5,10-13H2,1-3H3. The average molecular weight is 349 g/mol. The van der Waals surface area contributed by atoms with Gasteiger partial charge >= 0.3 is 0 Å². The molecule has 4 rings (SSSR count). The Labute approximate surface area is 154 Å². The molecule has 0 bridgehead atoms. The molecule has 1 saturated heterocycles. The number of piperidine rings is 1. The number of anilines is 1. The first-order valence-corrected chi connectivity index (χ1v) is 9.75. The molecule has 0 atom stereocenters. The van der Waals surface area contributed by atoms with Crippen molar-refractivity contribution in [3.63, 3.8) is 0 Å². The van der Waals surface area contributed by atoms with Crippen molar-refractivity contribution < 1.29 is 0 Å². The summed E-state index contributed by atoms with van der Waals surface area (Å²) in [6.07, 6.45) is 4.06. The van der Waals surface area contributed by atoms with E-state index < -0.39 is 0 Å². The second-order valence-electron chi connectivity index (χ2n) is 7.18. The third-order valence-electron chi connectivity index (χ3n) is 5.63. The lowest BCUT2D eigenvalue weighted by Crippen LogP contribution is -2.34. The normalized spacial score (nSPS) is 15.7. The van der Waals surface area contributed by atoms with E-state index in [2.05, 4.69) is 65.1 Å². The van der Waals surface area contributed by atoms with Crippen molar-refractivity contribution in [2.24, 2.45) is 0 Å².